The maximum Gasteiger partial charge on any atom is 0.298 e. The number of fused-ring (bicyclic) bond motifs is 1. The summed E-state index contributed by atoms with van der Waals surface area (Å²) in [5.41, 5.74) is 2.56. The fourth-order valence-corrected chi connectivity index (χ4v) is 3.63. The van der Waals surface area contributed by atoms with Crippen molar-refractivity contribution in [1.82, 2.24) is 10.3 Å². The van der Waals surface area contributed by atoms with Crippen molar-refractivity contribution in [3.05, 3.63) is 76.9 Å². The molecule has 0 radical (unpaired) electrons. The summed E-state index contributed by atoms with van der Waals surface area (Å²) >= 11 is 3.50. The van der Waals surface area contributed by atoms with E-state index in [0.717, 1.165) is 32.3 Å². The SMILES string of the molecule is CC#CC(=O)NC1(c2ccc3nccc(Nc4cccc(Br)c4)c3c2)C=CC=N1. The Morgan fingerprint density at radius 3 is 2.83 bits per heavy atom. The van der Waals surface area contributed by atoms with Gasteiger partial charge in [0.05, 0.1) is 5.52 Å². The number of carbonyl (C=O) groups is 1. The average Bonchev–Trinajstić information content (AvgIpc) is 3.18. The summed E-state index contributed by atoms with van der Waals surface area (Å²) in [6.45, 7) is 1.63. The van der Waals surface area contributed by atoms with Crippen LogP contribution in [0.1, 0.15) is 12.5 Å². The number of rotatable bonds is 4. The maximum atomic E-state index is 12.2. The molecule has 1 aromatic heterocycles. The van der Waals surface area contributed by atoms with Crippen molar-refractivity contribution >= 4 is 50.3 Å². The van der Waals surface area contributed by atoms with Crippen LogP contribution in [0.5, 0.6) is 0 Å². The van der Waals surface area contributed by atoms with Gasteiger partial charge in [0.25, 0.3) is 5.91 Å². The highest BCUT2D eigenvalue weighted by atomic mass is 79.9. The highest BCUT2D eigenvalue weighted by Gasteiger charge is 2.32. The van der Waals surface area contributed by atoms with Crippen LogP contribution in [-0.4, -0.2) is 17.1 Å². The van der Waals surface area contributed by atoms with Crippen molar-refractivity contribution < 1.29 is 4.79 Å². The molecule has 6 heteroatoms. The van der Waals surface area contributed by atoms with E-state index < -0.39 is 5.66 Å². The van der Waals surface area contributed by atoms with E-state index in [1.807, 2.05) is 60.7 Å². The Kier molecular flexibility index (Phi) is 5.15. The van der Waals surface area contributed by atoms with Gasteiger partial charge in [-0.15, -0.1) is 0 Å². The maximum absolute atomic E-state index is 12.2. The minimum absolute atomic E-state index is 0.380. The minimum Gasteiger partial charge on any atom is -0.355 e. The van der Waals surface area contributed by atoms with Gasteiger partial charge in [0.15, 0.2) is 5.66 Å². The molecule has 142 valence electrons. The lowest BCUT2D eigenvalue weighted by molar-refractivity contribution is -0.117. The number of halogens is 1. The predicted octanol–water partition coefficient (Wildman–Crippen LogP) is 4.67. The molecule has 4 rings (SSSR count). The molecule has 2 N–H and O–H groups in total. The van der Waals surface area contributed by atoms with Gasteiger partial charge in [-0.1, -0.05) is 34.0 Å². The number of allylic oxidation sites excluding steroid dienone is 1. The summed E-state index contributed by atoms with van der Waals surface area (Å²) in [5.74, 6) is 4.76. The number of nitrogens with one attached hydrogen (secondary N) is 2. The number of aliphatic imine (C=N–C) groups is 1. The molecule has 1 aliphatic rings. The second-order valence-corrected chi connectivity index (χ2v) is 7.37. The molecule has 2 heterocycles. The zero-order chi connectivity index (χ0) is 20.3. The molecule has 3 aromatic rings. The van der Waals surface area contributed by atoms with E-state index in [9.17, 15) is 4.79 Å². The molecule has 1 atom stereocenters. The number of nitrogens with zero attached hydrogens (tertiary/aromatic N) is 2. The summed E-state index contributed by atoms with van der Waals surface area (Å²) in [5, 5.41) is 7.28. The topological polar surface area (TPSA) is 66.4 Å². The Labute approximate surface area is 177 Å². The highest BCUT2D eigenvalue weighted by Crippen LogP contribution is 2.33. The highest BCUT2D eigenvalue weighted by molar-refractivity contribution is 9.10. The van der Waals surface area contributed by atoms with E-state index in [4.69, 9.17) is 0 Å². The summed E-state index contributed by atoms with van der Waals surface area (Å²) in [4.78, 5) is 21.1. The Bertz CT molecular complexity index is 1210. The number of hydrogen-bond acceptors (Lipinski definition) is 4. The molecular weight excluding hydrogens is 428 g/mol. The summed E-state index contributed by atoms with van der Waals surface area (Å²) in [7, 11) is 0. The first-order chi connectivity index (χ1) is 14.1. The van der Waals surface area contributed by atoms with Crippen LogP contribution in [0.2, 0.25) is 0 Å². The molecule has 1 aliphatic heterocycles. The second kappa shape index (κ2) is 7.90. The van der Waals surface area contributed by atoms with Crippen LogP contribution in [0.3, 0.4) is 0 Å². The minimum atomic E-state index is -0.974. The van der Waals surface area contributed by atoms with Gasteiger partial charge in [-0.2, -0.15) is 0 Å². The van der Waals surface area contributed by atoms with Crippen LogP contribution >= 0.6 is 15.9 Å². The van der Waals surface area contributed by atoms with E-state index in [2.05, 4.69) is 48.4 Å². The summed E-state index contributed by atoms with van der Waals surface area (Å²) < 4.78 is 0.991. The molecule has 0 saturated carbocycles. The molecule has 0 aliphatic carbocycles. The number of carbonyl (C=O) groups excluding carboxylic acids is 1. The van der Waals surface area contributed by atoms with Crippen LogP contribution in [0, 0.1) is 11.8 Å². The fourth-order valence-electron chi connectivity index (χ4n) is 3.23. The molecule has 0 spiro atoms. The van der Waals surface area contributed by atoms with Crippen molar-refractivity contribution in [3.8, 4) is 11.8 Å². The first-order valence-corrected chi connectivity index (χ1v) is 9.79. The molecule has 0 fully saturated rings. The number of amides is 1. The Morgan fingerprint density at radius 2 is 2.07 bits per heavy atom. The Morgan fingerprint density at radius 1 is 1.17 bits per heavy atom. The quantitative estimate of drug-likeness (QED) is 0.574. The van der Waals surface area contributed by atoms with Crippen LogP contribution in [-0.2, 0) is 10.5 Å². The third-order valence-corrected chi connectivity index (χ3v) is 5.02. The van der Waals surface area contributed by atoms with E-state index >= 15 is 0 Å². The summed E-state index contributed by atoms with van der Waals surface area (Å²) in [6, 6.07) is 15.7. The van der Waals surface area contributed by atoms with E-state index in [-0.39, 0.29) is 5.91 Å². The van der Waals surface area contributed by atoms with Gasteiger partial charge >= 0.3 is 0 Å². The van der Waals surface area contributed by atoms with Crippen LogP contribution in [0.15, 0.2) is 76.3 Å². The smallest absolute Gasteiger partial charge is 0.298 e. The molecular formula is C23H17BrN4O. The number of pyridine rings is 1. The Hall–Kier alpha value is -3.43. The van der Waals surface area contributed by atoms with Gasteiger partial charge in [-0.05, 0) is 61.4 Å². The lowest BCUT2D eigenvalue weighted by Crippen LogP contribution is -2.41. The van der Waals surface area contributed by atoms with E-state index in [1.165, 1.54) is 0 Å². The zero-order valence-electron chi connectivity index (χ0n) is 15.6. The van der Waals surface area contributed by atoms with Crippen LogP contribution < -0.4 is 10.6 Å². The molecule has 0 saturated heterocycles. The van der Waals surface area contributed by atoms with Crippen molar-refractivity contribution in [1.29, 1.82) is 0 Å². The number of aromatic nitrogens is 1. The monoisotopic (exact) mass is 444 g/mol. The third-order valence-electron chi connectivity index (χ3n) is 4.53. The number of hydrogen-bond donors (Lipinski definition) is 2. The lowest BCUT2D eigenvalue weighted by Gasteiger charge is -2.25. The van der Waals surface area contributed by atoms with Crippen LogP contribution in [0.4, 0.5) is 11.4 Å². The second-order valence-electron chi connectivity index (χ2n) is 6.46. The summed E-state index contributed by atoms with van der Waals surface area (Å²) in [6.07, 6.45) is 7.10. The first-order valence-electron chi connectivity index (χ1n) is 8.99. The van der Waals surface area contributed by atoms with Crippen molar-refractivity contribution in [2.75, 3.05) is 5.32 Å². The van der Waals surface area contributed by atoms with Gasteiger partial charge in [0.2, 0.25) is 0 Å². The molecule has 29 heavy (non-hydrogen) atoms. The van der Waals surface area contributed by atoms with Gasteiger partial charge in [0.1, 0.15) is 0 Å². The molecule has 2 aromatic carbocycles. The molecule has 1 unspecified atom stereocenters. The average molecular weight is 445 g/mol. The largest absolute Gasteiger partial charge is 0.355 e. The van der Waals surface area contributed by atoms with Crippen molar-refractivity contribution in [2.45, 2.75) is 12.6 Å². The van der Waals surface area contributed by atoms with Gasteiger partial charge < -0.3 is 10.6 Å². The van der Waals surface area contributed by atoms with E-state index in [0.29, 0.717) is 0 Å². The van der Waals surface area contributed by atoms with Gasteiger partial charge in [-0.3, -0.25) is 14.8 Å². The Balaban J connectivity index is 1.78. The van der Waals surface area contributed by atoms with Gasteiger partial charge in [-0.25, -0.2) is 0 Å². The van der Waals surface area contributed by atoms with E-state index in [1.54, 1.807) is 19.3 Å². The molecule has 1 amide bonds. The third kappa shape index (κ3) is 3.91. The standard InChI is InChI=1S/C23H17BrN4O/c1-2-5-22(29)28-23(11-4-12-26-23)16-8-9-20-19(14-16)21(10-13-25-20)27-18-7-3-6-17(24)15-18/h3-4,6-15H,1H3,(H,25,27)(H,28,29). The zero-order valence-corrected chi connectivity index (χ0v) is 17.2. The molecule has 5 nitrogen and oxygen atoms in total. The normalized spacial score (nSPS) is 17.0. The van der Waals surface area contributed by atoms with Gasteiger partial charge in [0, 0.05) is 39.2 Å². The van der Waals surface area contributed by atoms with Crippen molar-refractivity contribution in [3.63, 3.8) is 0 Å². The number of anilines is 2. The lowest BCUT2D eigenvalue weighted by atomic mass is 9.97. The fraction of sp³-hybridized carbons (Fsp3) is 0.0870. The van der Waals surface area contributed by atoms with Crippen LogP contribution in [0.25, 0.3) is 10.9 Å². The predicted molar refractivity (Wildman–Crippen MR) is 120 cm³/mol. The first kappa shape index (κ1) is 18.9. The van der Waals surface area contributed by atoms with Crippen molar-refractivity contribution in [2.24, 2.45) is 4.99 Å². The molecule has 0 bridgehead atoms. The number of benzene rings is 2.